The van der Waals surface area contributed by atoms with Crippen molar-refractivity contribution in [3.8, 4) is 0 Å². The Morgan fingerprint density at radius 3 is 2.00 bits per heavy atom. The first-order valence-corrected chi connectivity index (χ1v) is 5.77. The van der Waals surface area contributed by atoms with Crippen molar-refractivity contribution in [3.05, 3.63) is 0 Å². The molecule has 0 aliphatic heterocycles. The third-order valence-electron chi connectivity index (χ3n) is 3.42. The van der Waals surface area contributed by atoms with Crippen LogP contribution in [-0.4, -0.2) is 34.6 Å². The lowest BCUT2D eigenvalue weighted by Crippen LogP contribution is -2.42. The molecule has 0 aromatic heterocycles. The Balaban J connectivity index is 4.19. The van der Waals surface area contributed by atoms with Crippen LogP contribution >= 0.6 is 0 Å². The zero-order valence-electron chi connectivity index (χ0n) is 10.7. The molecule has 1 atom stereocenters. The van der Waals surface area contributed by atoms with Gasteiger partial charge in [0.15, 0.2) is 0 Å². The van der Waals surface area contributed by atoms with E-state index in [4.69, 9.17) is 4.74 Å². The molecule has 3 heteroatoms. The summed E-state index contributed by atoms with van der Waals surface area (Å²) >= 11 is 0. The third-order valence-corrected chi connectivity index (χ3v) is 3.42. The number of aliphatic hydroxyl groups is 2. The number of hydrogen-bond donors (Lipinski definition) is 2. The van der Waals surface area contributed by atoms with E-state index in [2.05, 4.69) is 0 Å². The Kier molecular flexibility index (Phi) is 5.78. The van der Waals surface area contributed by atoms with E-state index in [1.54, 1.807) is 7.11 Å². The molecule has 0 aliphatic carbocycles. The lowest BCUT2D eigenvalue weighted by atomic mass is 9.86. The lowest BCUT2D eigenvalue weighted by Gasteiger charge is -2.33. The van der Waals surface area contributed by atoms with Gasteiger partial charge >= 0.3 is 0 Å². The second-order valence-electron chi connectivity index (χ2n) is 4.83. The Morgan fingerprint density at radius 1 is 1.20 bits per heavy atom. The van der Waals surface area contributed by atoms with Gasteiger partial charge in [-0.3, -0.25) is 0 Å². The smallest absolute Gasteiger partial charge is 0.0900 e. The summed E-state index contributed by atoms with van der Waals surface area (Å²) in [4.78, 5) is 0. The molecule has 0 bridgehead atoms. The summed E-state index contributed by atoms with van der Waals surface area (Å²) in [5, 5.41) is 20.0. The Labute approximate surface area is 93.5 Å². The molecular weight excluding hydrogens is 192 g/mol. The van der Waals surface area contributed by atoms with Crippen molar-refractivity contribution in [2.45, 2.75) is 70.7 Å². The Bertz CT molecular complexity index is 174. The van der Waals surface area contributed by atoms with E-state index in [0.717, 1.165) is 6.42 Å². The molecule has 0 rings (SSSR count). The zero-order valence-corrected chi connectivity index (χ0v) is 10.7. The first-order chi connectivity index (χ1) is 6.81. The highest BCUT2D eigenvalue weighted by molar-refractivity contribution is 4.85. The number of aliphatic hydroxyl groups excluding tert-OH is 1. The first kappa shape index (κ1) is 14.9. The van der Waals surface area contributed by atoms with Crippen molar-refractivity contribution in [1.82, 2.24) is 0 Å². The second kappa shape index (κ2) is 5.83. The molecule has 1 unspecified atom stereocenters. The molecule has 0 spiro atoms. The summed E-state index contributed by atoms with van der Waals surface area (Å²) < 4.78 is 5.28. The van der Waals surface area contributed by atoms with Gasteiger partial charge in [-0.2, -0.15) is 0 Å². The predicted octanol–water partition coefficient (Wildman–Crippen LogP) is 2.10. The van der Waals surface area contributed by atoms with Crippen LogP contribution in [0.4, 0.5) is 0 Å². The molecule has 0 aromatic carbocycles. The SMILES string of the molecule is CCC(O)(CC)C(O)CCC(C)(C)OC. The fourth-order valence-electron chi connectivity index (χ4n) is 1.58. The summed E-state index contributed by atoms with van der Waals surface area (Å²) in [6, 6.07) is 0. The van der Waals surface area contributed by atoms with Crippen molar-refractivity contribution in [2.75, 3.05) is 7.11 Å². The van der Waals surface area contributed by atoms with Gasteiger partial charge in [-0.05, 0) is 39.5 Å². The topological polar surface area (TPSA) is 49.7 Å². The largest absolute Gasteiger partial charge is 0.390 e. The van der Waals surface area contributed by atoms with Gasteiger partial charge in [0.2, 0.25) is 0 Å². The van der Waals surface area contributed by atoms with Gasteiger partial charge < -0.3 is 14.9 Å². The van der Waals surface area contributed by atoms with Crippen LogP contribution in [0.2, 0.25) is 0 Å². The summed E-state index contributed by atoms with van der Waals surface area (Å²) in [5.74, 6) is 0. The minimum absolute atomic E-state index is 0.233. The van der Waals surface area contributed by atoms with Crippen molar-refractivity contribution >= 4 is 0 Å². The highest BCUT2D eigenvalue weighted by Gasteiger charge is 2.32. The molecule has 0 aliphatic rings. The average molecular weight is 218 g/mol. The molecule has 92 valence electrons. The molecule has 0 aromatic rings. The van der Waals surface area contributed by atoms with E-state index >= 15 is 0 Å². The molecule has 0 fully saturated rings. The standard InChI is InChI=1S/C12H26O3/c1-6-12(14,7-2)10(13)8-9-11(3,4)15-5/h10,13-14H,6-9H2,1-5H3. The molecule has 0 radical (unpaired) electrons. The molecular formula is C12H26O3. The van der Waals surface area contributed by atoms with Crippen molar-refractivity contribution < 1.29 is 14.9 Å². The Hall–Kier alpha value is -0.120. The third kappa shape index (κ3) is 4.49. The summed E-state index contributed by atoms with van der Waals surface area (Å²) in [6.07, 6.45) is 1.81. The summed E-state index contributed by atoms with van der Waals surface area (Å²) in [5.41, 5.74) is -1.17. The molecule has 3 nitrogen and oxygen atoms in total. The van der Waals surface area contributed by atoms with Crippen LogP contribution in [0.5, 0.6) is 0 Å². The van der Waals surface area contributed by atoms with E-state index in [9.17, 15) is 10.2 Å². The monoisotopic (exact) mass is 218 g/mol. The van der Waals surface area contributed by atoms with Gasteiger partial charge in [-0.15, -0.1) is 0 Å². The summed E-state index contributed by atoms with van der Waals surface area (Å²) in [6.45, 7) is 7.76. The van der Waals surface area contributed by atoms with Gasteiger partial charge in [0.25, 0.3) is 0 Å². The molecule has 15 heavy (non-hydrogen) atoms. The highest BCUT2D eigenvalue weighted by Crippen LogP contribution is 2.26. The molecule has 0 heterocycles. The van der Waals surface area contributed by atoms with Gasteiger partial charge in [-0.25, -0.2) is 0 Å². The molecule has 0 saturated carbocycles. The van der Waals surface area contributed by atoms with Crippen LogP contribution in [0.3, 0.4) is 0 Å². The van der Waals surface area contributed by atoms with Crippen molar-refractivity contribution in [3.63, 3.8) is 0 Å². The normalized spacial score (nSPS) is 15.4. The molecule has 0 amide bonds. The van der Waals surface area contributed by atoms with Crippen LogP contribution in [0.15, 0.2) is 0 Å². The lowest BCUT2D eigenvalue weighted by molar-refractivity contribution is -0.0925. The van der Waals surface area contributed by atoms with Crippen LogP contribution < -0.4 is 0 Å². The van der Waals surface area contributed by atoms with Gasteiger partial charge in [-0.1, -0.05) is 13.8 Å². The van der Waals surface area contributed by atoms with Crippen molar-refractivity contribution in [2.24, 2.45) is 0 Å². The predicted molar refractivity (Wildman–Crippen MR) is 61.9 cm³/mol. The van der Waals surface area contributed by atoms with Crippen LogP contribution in [0.1, 0.15) is 53.4 Å². The van der Waals surface area contributed by atoms with Crippen LogP contribution in [0.25, 0.3) is 0 Å². The van der Waals surface area contributed by atoms with E-state index in [1.165, 1.54) is 0 Å². The van der Waals surface area contributed by atoms with Gasteiger partial charge in [0.05, 0.1) is 17.3 Å². The van der Waals surface area contributed by atoms with Crippen LogP contribution in [0, 0.1) is 0 Å². The minimum atomic E-state index is -0.941. The maximum atomic E-state index is 10.1. The quantitative estimate of drug-likeness (QED) is 0.688. The van der Waals surface area contributed by atoms with E-state index in [1.807, 2.05) is 27.7 Å². The Morgan fingerprint density at radius 2 is 1.67 bits per heavy atom. The van der Waals surface area contributed by atoms with Crippen LogP contribution in [-0.2, 0) is 4.74 Å². The maximum Gasteiger partial charge on any atom is 0.0900 e. The minimum Gasteiger partial charge on any atom is -0.390 e. The van der Waals surface area contributed by atoms with E-state index in [-0.39, 0.29) is 5.60 Å². The fraction of sp³-hybridized carbons (Fsp3) is 1.00. The molecule has 2 N–H and O–H groups in total. The number of rotatable bonds is 7. The highest BCUT2D eigenvalue weighted by atomic mass is 16.5. The molecule has 0 saturated heterocycles. The number of hydrogen-bond acceptors (Lipinski definition) is 3. The number of ether oxygens (including phenoxy) is 1. The second-order valence-corrected chi connectivity index (χ2v) is 4.83. The van der Waals surface area contributed by atoms with Gasteiger partial charge in [0, 0.05) is 7.11 Å². The van der Waals surface area contributed by atoms with E-state index in [0.29, 0.717) is 19.3 Å². The average Bonchev–Trinajstić information content (AvgIpc) is 2.24. The maximum absolute atomic E-state index is 10.1. The zero-order chi connectivity index (χ0) is 12.1. The summed E-state index contributed by atoms with van der Waals surface area (Å²) in [7, 11) is 1.66. The van der Waals surface area contributed by atoms with E-state index < -0.39 is 11.7 Å². The van der Waals surface area contributed by atoms with Gasteiger partial charge in [0.1, 0.15) is 0 Å². The fourth-order valence-corrected chi connectivity index (χ4v) is 1.58. The van der Waals surface area contributed by atoms with Crippen molar-refractivity contribution in [1.29, 1.82) is 0 Å². The first-order valence-electron chi connectivity index (χ1n) is 5.77. The number of methoxy groups -OCH3 is 1.